The molecule has 18 aliphatic heterocycles. The highest BCUT2D eigenvalue weighted by Crippen LogP contribution is 2.58. The topological polar surface area (TPSA) is 298 Å². The minimum Gasteiger partial charge on any atom is -0.458 e. The Kier molecular flexibility index (Phi) is 32.1. The van der Waals surface area contributed by atoms with E-state index in [1.54, 1.807) is 36.4 Å². The molecule has 0 amide bonds. The van der Waals surface area contributed by atoms with Crippen LogP contribution in [0.5, 0.6) is 0 Å². The normalized spacial score (nSPS) is 42.4. The van der Waals surface area contributed by atoms with E-state index in [1.807, 2.05) is 24.3 Å². The van der Waals surface area contributed by atoms with Crippen molar-refractivity contribution in [1.29, 1.82) is 0 Å². The number of ketones is 2. The van der Waals surface area contributed by atoms with E-state index >= 15 is 0 Å². The Hall–Kier alpha value is -4.66. The van der Waals surface area contributed by atoms with Gasteiger partial charge in [0.25, 0.3) is 10.1 Å². The fourth-order valence-electron chi connectivity index (χ4n) is 25.0. The van der Waals surface area contributed by atoms with Crippen LogP contribution in [-0.4, -0.2) is 256 Å². The van der Waals surface area contributed by atoms with Crippen LogP contribution in [-0.2, 0) is 109 Å². The highest BCUT2D eigenvalue weighted by atomic mass is 32.2. The Morgan fingerprint density at radius 3 is 1.25 bits per heavy atom. The second-order valence-corrected chi connectivity index (χ2v) is 59.1. The molecule has 20 bridgehead atoms. The van der Waals surface area contributed by atoms with E-state index < -0.39 is 105 Å². The molecular formula is C109H162O26SSi2. The Balaban J connectivity index is 0.000000191. The largest absolute Gasteiger partial charge is 0.458 e. The number of aliphatic hydroxyl groups excluding tert-OH is 1. The van der Waals surface area contributed by atoms with Crippen LogP contribution < -0.4 is 0 Å². The zero-order valence-electron chi connectivity index (χ0n) is 85.2. The van der Waals surface area contributed by atoms with Gasteiger partial charge in [-0.3, -0.25) is 13.8 Å². The van der Waals surface area contributed by atoms with E-state index in [0.717, 1.165) is 49.5 Å². The molecule has 2 aromatic carbocycles. The molecule has 20 rings (SSSR count). The van der Waals surface area contributed by atoms with Gasteiger partial charge in [0, 0.05) is 90.3 Å². The first-order valence-electron chi connectivity index (χ1n) is 52.6. The summed E-state index contributed by atoms with van der Waals surface area (Å²) in [5.41, 5.74) is 4.00. The number of hydrogen-bond donors (Lipinski definition) is 1. The molecule has 18 heterocycles. The average Bonchev–Trinajstić information content (AvgIpc) is 1.55. The lowest BCUT2D eigenvalue weighted by Gasteiger charge is -2.47. The summed E-state index contributed by atoms with van der Waals surface area (Å²) in [7, 11) is -7.81. The Morgan fingerprint density at radius 1 is 0.449 bits per heavy atom. The van der Waals surface area contributed by atoms with Gasteiger partial charge in [0.05, 0.1) is 115 Å². The maximum absolute atomic E-state index is 14.5. The number of Topliss-reactive ketones (excluding diaryl/α,β-unsaturated/α-hetero) is 2. The molecule has 0 aliphatic carbocycles. The van der Waals surface area contributed by atoms with Gasteiger partial charge < -0.3 is 89.7 Å². The van der Waals surface area contributed by atoms with Crippen molar-refractivity contribution in [3.8, 4) is 0 Å². The van der Waals surface area contributed by atoms with Crippen molar-refractivity contribution in [3.63, 3.8) is 0 Å². The fraction of sp³-hybridized carbons (Fsp3) is 0.780. The van der Waals surface area contributed by atoms with Crippen molar-refractivity contribution in [2.45, 2.75) is 469 Å². The first-order chi connectivity index (χ1) is 65.2. The van der Waals surface area contributed by atoms with Crippen molar-refractivity contribution >= 4 is 50.3 Å². The molecule has 138 heavy (non-hydrogen) atoms. The Bertz CT molecular complexity index is 4750. The van der Waals surface area contributed by atoms with Crippen molar-refractivity contribution in [3.05, 3.63) is 120 Å². The van der Waals surface area contributed by atoms with E-state index in [2.05, 4.69) is 136 Å². The maximum atomic E-state index is 14.5. The zero-order chi connectivity index (χ0) is 98.4. The van der Waals surface area contributed by atoms with Crippen molar-refractivity contribution in [1.82, 2.24) is 0 Å². The summed E-state index contributed by atoms with van der Waals surface area (Å²) in [5.74, 6) is -1.62. The van der Waals surface area contributed by atoms with Crippen molar-refractivity contribution in [2.75, 3.05) is 19.5 Å². The molecular weight excluding hydrogens is 1810 g/mol. The molecule has 18 aliphatic rings. The molecule has 18 fully saturated rings. The minimum absolute atomic E-state index is 0.00159. The maximum Gasteiger partial charge on any atom is 0.338 e. The van der Waals surface area contributed by atoms with Gasteiger partial charge in [0.2, 0.25) is 0 Å². The van der Waals surface area contributed by atoms with Crippen LogP contribution in [0.2, 0.25) is 36.3 Å². The summed E-state index contributed by atoms with van der Waals surface area (Å²) in [6, 6.07) is 17.8. The molecule has 6 unspecified atom stereocenters. The minimum atomic E-state index is -3.93. The monoisotopic (exact) mass is 1980 g/mol. The average molecular weight is 1980 g/mol. The third-order valence-electron chi connectivity index (χ3n) is 35.3. The van der Waals surface area contributed by atoms with E-state index in [1.165, 1.54) is 0 Å². The lowest BCUT2D eigenvalue weighted by Crippen LogP contribution is -2.61. The molecule has 768 valence electrons. The number of hydrogen-bond acceptors (Lipinski definition) is 26. The van der Waals surface area contributed by atoms with Gasteiger partial charge in [0.15, 0.2) is 28.2 Å². The molecule has 0 saturated carbocycles. The van der Waals surface area contributed by atoms with E-state index in [9.17, 15) is 32.7 Å². The molecule has 2 aromatic rings. The van der Waals surface area contributed by atoms with Gasteiger partial charge in [-0.05, 0) is 220 Å². The lowest BCUT2D eigenvalue weighted by atomic mass is 9.78. The zero-order valence-corrected chi connectivity index (χ0v) is 88.1. The number of rotatable bonds is 16. The number of ether oxygens (including phenoxy) is 16. The van der Waals surface area contributed by atoms with E-state index in [-0.39, 0.29) is 204 Å². The SMILES string of the molecule is C=C1C[C@@H](OC(=O)c2ccccc2)CC[C@@]23C[C@H]4O[C@H]5C(O2)[C@H]2O[C@H](CC[C@@H]2O[C@H]5[C@H]4O3)CC(=O)CC2C(C[C@H]3O[C@@H](CC[C@H]1O)C[C@@H](C)C3=C)O[C@H](C[C@H](C)CO[Si](C)(C)C(C)(C)C)[C@@H]2C.C=C1C[C@@H](OC(=O)c2ccccc2)CC[C@@]23C[C@H]4O[C@H]5C(O2)[C@H]2O[C@H](CC[C@@H]2O[C@H]5[C@H]4O3)CC(=O)CC2C(C[C@H]3O[C@@H](CC[C@H]1OS(C)(=O)=O)C[C@@H](C)C3=C)O[C@H](C[C@H](C)CO[Si](C)(C)C(C)(C)C)[C@@H]2C. The summed E-state index contributed by atoms with van der Waals surface area (Å²) in [5, 5.41) is 11.9. The molecule has 0 radical (unpaired) electrons. The van der Waals surface area contributed by atoms with Crippen LogP contribution in [0.4, 0.5) is 0 Å². The predicted octanol–water partition coefficient (Wildman–Crippen LogP) is 18.4. The highest BCUT2D eigenvalue weighted by molar-refractivity contribution is 7.86. The lowest BCUT2D eigenvalue weighted by molar-refractivity contribution is -0.292. The molecule has 0 aromatic heterocycles. The Labute approximate surface area is 822 Å². The smallest absolute Gasteiger partial charge is 0.338 e. The summed E-state index contributed by atoms with van der Waals surface area (Å²) < 4.78 is 154. The van der Waals surface area contributed by atoms with E-state index in [0.29, 0.717) is 151 Å². The number of carbonyl (C=O) groups is 4. The summed E-state index contributed by atoms with van der Waals surface area (Å²) in [4.78, 5) is 56.3. The quantitative estimate of drug-likeness (QED) is 0.0706. The van der Waals surface area contributed by atoms with Gasteiger partial charge in [-0.1, -0.05) is 146 Å². The number of aliphatic hydroxyl groups is 1. The standard InChI is InChI=1S/C55H82O14SSi.C54H80O12Si/c1-31(30-60-71(10,11)54(6,7)8)23-44-35(5)41-27-37(56)26-39-18-20-43-48(62-39)52-51-50(65-43)49-47(66-51)29-55(67-49,68-52)22-21-40(63-53(57)36-15-13-12-14-16-36)25-33(3)42(69-70(9,58)59)19-17-38-24-32(2)34(4)45(61-38)28-46(41)64-44;1-30(29-58-67(9,10)53(6,7)8)22-43-34(5)40-26-36(55)25-38-17-19-42-47(60-38)51-50-49(63-42)48-46(64-50)28-54(65-48,66-51)21-20-39(61-52(57)35-14-12-11-13-15-35)24-32(3)41(56)18-16-37-23-31(2)33(4)44(59-37)27-45(40)62-43/h12-16,31-32,35,38-52H,3-4,17-30H2,1-2,5-11H3;11-15,30-31,34,37-51,56H,3-4,16-29H2,1-2,5-10H3/t31-,32+,35+,38-,39+,40-,41?,42+,43-,44+,45+,46?,47+,48-,49-,50-,51+,52?,55-;30-,31+,34+,37-,38+,39-,40?,41+,42-,43+,44+,45?,46+,47-,48-,49-,50+,51?,54-/m00/s1. The number of benzene rings is 2. The van der Waals surface area contributed by atoms with Gasteiger partial charge in [-0.15, -0.1) is 0 Å². The second-order valence-electron chi connectivity index (χ2n) is 47.8. The molecule has 26 nitrogen and oxygen atoms in total. The third-order valence-corrected chi connectivity index (χ3v) is 44.9. The van der Waals surface area contributed by atoms with Crippen molar-refractivity contribution in [2.24, 2.45) is 47.3 Å². The van der Waals surface area contributed by atoms with Crippen LogP contribution >= 0.6 is 0 Å². The van der Waals surface area contributed by atoms with Crippen LogP contribution in [0, 0.1) is 47.3 Å². The van der Waals surface area contributed by atoms with Gasteiger partial charge in [0.1, 0.15) is 84.8 Å². The third kappa shape index (κ3) is 23.5. The van der Waals surface area contributed by atoms with Crippen molar-refractivity contribution < 1.29 is 122 Å². The predicted molar refractivity (Wildman–Crippen MR) is 523 cm³/mol. The fourth-order valence-corrected chi connectivity index (χ4v) is 27.9. The number of carbonyl (C=O) groups excluding carboxylic acids is 4. The van der Waals surface area contributed by atoms with Gasteiger partial charge in [-0.2, -0.15) is 8.42 Å². The van der Waals surface area contributed by atoms with Crippen LogP contribution in [0.25, 0.3) is 0 Å². The molecule has 29 heteroatoms. The van der Waals surface area contributed by atoms with Gasteiger partial charge in [-0.25, -0.2) is 9.59 Å². The highest BCUT2D eigenvalue weighted by Gasteiger charge is 2.71. The second kappa shape index (κ2) is 42.3. The Morgan fingerprint density at radius 2 is 0.833 bits per heavy atom. The first kappa shape index (κ1) is 105. The molecule has 38 atom stereocenters. The molecule has 2 spiro atoms. The van der Waals surface area contributed by atoms with Crippen LogP contribution in [0.3, 0.4) is 0 Å². The van der Waals surface area contributed by atoms with E-state index in [4.69, 9.17) is 88.8 Å². The number of fused-ring (bicyclic) bond motifs is 8. The summed E-state index contributed by atoms with van der Waals surface area (Å²) in [6.07, 6.45) is 4.51. The number of esters is 2. The first-order valence-corrected chi connectivity index (χ1v) is 60.2. The summed E-state index contributed by atoms with van der Waals surface area (Å²) >= 11 is 0. The van der Waals surface area contributed by atoms with Gasteiger partial charge >= 0.3 is 11.9 Å². The summed E-state index contributed by atoms with van der Waals surface area (Å²) in [6.45, 7) is 55.3. The molecule has 18 saturated heterocycles. The van der Waals surface area contributed by atoms with Crippen LogP contribution in [0.1, 0.15) is 271 Å². The van der Waals surface area contributed by atoms with Crippen LogP contribution in [0.15, 0.2) is 109 Å². The molecule has 1 N–H and O–H groups in total.